The highest BCUT2D eigenvalue weighted by Gasteiger charge is 2.26. The van der Waals surface area contributed by atoms with Gasteiger partial charge in [-0.3, -0.25) is 4.79 Å². The fourth-order valence-corrected chi connectivity index (χ4v) is 5.55. The van der Waals surface area contributed by atoms with Gasteiger partial charge in [0.05, 0.1) is 21.9 Å². The number of amides is 1. The van der Waals surface area contributed by atoms with Gasteiger partial charge in [-0.15, -0.1) is 11.3 Å². The number of aryl methyl sites for hydroxylation is 1. The summed E-state index contributed by atoms with van der Waals surface area (Å²) >= 11 is 1.43. The van der Waals surface area contributed by atoms with Crippen LogP contribution in [0.2, 0.25) is 0 Å². The van der Waals surface area contributed by atoms with Gasteiger partial charge in [-0.1, -0.05) is 12.1 Å². The highest BCUT2D eigenvalue weighted by atomic mass is 32.1. The lowest BCUT2D eigenvalue weighted by molar-refractivity contribution is 0.0751. The van der Waals surface area contributed by atoms with Crippen LogP contribution in [0, 0.1) is 12.7 Å². The summed E-state index contributed by atoms with van der Waals surface area (Å²) in [5.41, 5.74) is 2.69. The van der Waals surface area contributed by atoms with E-state index in [4.69, 9.17) is 4.74 Å². The number of ether oxygens (including phenoxy) is 1. The molecule has 0 unspecified atom stereocenters. The molecule has 0 spiro atoms. The van der Waals surface area contributed by atoms with Gasteiger partial charge in [0, 0.05) is 38.1 Å². The van der Waals surface area contributed by atoms with E-state index >= 15 is 0 Å². The van der Waals surface area contributed by atoms with Crippen molar-refractivity contribution in [2.24, 2.45) is 0 Å². The molecular formula is C27H30FN5O2S. The number of hydrogen-bond donors (Lipinski definition) is 0. The number of carbonyl (C=O) groups is 1. The first kappa shape index (κ1) is 24.3. The van der Waals surface area contributed by atoms with Crippen LogP contribution >= 0.6 is 11.3 Å². The summed E-state index contributed by atoms with van der Waals surface area (Å²) in [6.07, 6.45) is 0. The number of halogens is 1. The van der Waals surface area contributed by atoms with Crippen LogP contribution in [0.5, 0.6) is 5.75 Å². The molecule has 0 radical (unpaired) electrons. The second-order valence-corrected chi connectivity index (χ2v) is 10.2. The third-order valence-electron chi connectivity index (χ3n) is 6.40. The van der Waals surface area contributed by atoms with Gasteiger partial charge in [-0.05, 0) is 63.5 Å². The van der Waals surface area contributed by atoms with Crippen LogP contribution in [0.25, 0.3) is 15.9 Å². The lowest BCUT2D eigenvalue weighted by atomic mass is 10.2. The number of thiophene rings is 1. The molecule has 0 bridgehead atoms. The molecule has 2 aromatic heterocycles. The van der Waals surface area contributed by atoms with E-state index < -0.39 is 0 Å². The molecule has 0 saturated carbocycles. The number of anilines is 1. The van der Waals surface area contributed by atoms with Crippen molar-refractivity contribution in [1.82, 2.24) is 19.6 Å². The maximum Gasteiger partial charge on any atom is 0.264 e. The molecule has 0 aliphatic carbocycles. The molecule has 1 aliphatic heterocycles. The van der Waals surface area contributed by atoms with Gasteiger partial charge in [-0.25, -0.2) is 9.07 Å². The van der Waals surface area contributed by atoms with Gasteiger partial charge in [0.25, 0.3) is 5.91 Å². The van der Waals surface area contributed by atoms with Crippen LogP contribution in [-0.4, -0.2) is 78.9 Å². The SMILES string of the molecule is Cc1nn(-c2ccc(F)cc2)c2sc(C(=O)N3CCN(c4ccccc4OCCN(C)C)CC3)cc12. The van der Waals surface area contributed by atoms with E-state index in [0.29, 0.717) is 24.6 Å². The second kappa shape index (κ2) is 10.3. The van der Waals surface area contributed by atoms with E-state index in [0.717, 1.165) is 52.7 Å². The molecule has 2 aromatic carbocycles. The Bertz CT molecular complexity index is 1360. The van der Waals surface area contributed by atoms with Gasteiger partial charge < -0.3 is 19.4 Å². The number of nitrogens with zero attached hydrogens (tertiary/aromatic N) is 5. The molecule has 4 aromatic rings. The average molecular weight is 508 g/mol. The van der Waals surface area contributed by atoms with Crippen molar-refractivity contribution < 1.29 is 13.9 Å². The molecule has 1 amide bonds. The van der Waals surface area contributed by atoms with E-state index in [9.17, 15) is 9.18 Å². The van der Waals surface area contributed by atoms with Gasteiger partial charge in [-0.2, -0.15) is 5.10 Å². The molecular weight excluding hydrogens is 477 g/mol. The molecule has 7 nitrogen and oxygen atoms in total. The van der Waals surface area contributed by atoms with Crippen molar-refractivity contribution >= 4 is 33.1 Å². The monoisotopic (exact) mass is 507 g/mol. The molecule has 9 heteroatoms. The Morgan fingerprint density at radius 3 is 2.53 bits per heavy atom. The summed E-state index contributed by atoms with van der Waals surface area (Å²) in [5, 5.41) is 5.56. The van der Waals surface area contributed by atoms with Crippen LogP contribution in [0.1, 0.15) is 15.4 Å². The van der Waals surface area contributed by atoms with E-state index in [1.165, 1.54) is 23.5 Å². The Hall–Kier alpha value is -3.43. The number of rotatable bonds is 7. The van der Waals surface area contributed by atoms with Crippen LogP contribution in [-0.2, 0) is 0 Å². The van der Waals surface area contributed by atoms with E-state index in [-0.39, 0.29) is 11.7 Å². The predicted octanol–water partition coefficient (Wildman–Crippen LogP) is 4.44. The third-order valence-corrected chi connectivity index (χ3v) is 7.49. The lowest BCUT2D eigenvalue weighted by Crippen LogP contribution is -2.48. The van der Waals surface area contributed by atoms with Crippen molar-refractivity contribution in [3.63, 3.8) is 0 Å². The maximum absolute atomic E-state index is 13.4. The summed E-state index contributed by atoms with van der Waals surface area (Å²) in [4.78, 5) is 21.3. The summed E-state index contributed by atoms with van der Waals surface area (Å²) in [6, 6.07) is 16.3. The standard InChI is InChI=1S/C27H30FN5O2S/c1-19-22-18-25(36-27(22)33(29-19)21-10-8-20(28)9-11-21)26(34)32-14-12-31(13-15-32)23-6-4-5-7-24(23)35-17-16-30(2)3/h4-11,18H,12-17H2,1-3H3. The van der Waals surface area contributed by atoms with E-state index in [2.05, 4.69) is 21.0 Å². The zero-order valence-corrected chi connectivity index (χ0v) is 21.6. The lowest BCUT2D eigenvalue weighted by Gasteiger charge is -2.36. The number of para-hydroxylation sites is 2. The zero-order valence-electron chi connectivity index (χ0n) is 20.8. The summed E-state index contributed by atoms with van der Waals surface area (Å²) in [6.45, 7) is 6.18. The Labute approximate surface area is 214 Å². The number of hydrogen-bond acceptors (Lipinski definition) is 6. The maximum atomic E-state index is 13.4. The molecule has 188 valence electrons. The normalized spacial score (nSPS) is 14.1. The second-order valence-electron chi connectivity index (χ2n) is 9.20. The number of carbonyl (C=O) groups excluding carboxylic acids is 1. The number of aromatic nitrogens is 2. The first-order valence-electron chi connectivity index (χ1n) is 12.1. The summed E-state index contributed by atoms with van der Waals surface area (Å²) in [5.74, 6) is 0.628. The van der Waals surface area contributed by atoms with Crippen LogP contribution in [0.3, 0.4) is 0 Å². The highest BCUT2D eigenvalue weighted by molar-refractivity contribution is 7.20. The fourth-order valence-electron chi connectivity index (χ4n) is 4.39. The Kier molecular flexibility index (Phi) is 6.93. The van der Waals surface area contributed by atoms with Gasteiger partial charge in [0.15, 0.2) is 0 Å². The van der Waals surface area contributed by atoms with Crippen LogP contribution < -0.4 is 9.64 Å². The largest absolute Gasteiger partial charge is 0.490 e. The van der Waals surface area contributed by atoms with Crippen molar-refractivity contribution in [3.8, 4) is 11.4 Å². The first-order valence-corrected chi connectivity index (χ1v) is 12.9. The van der Waals surface area contributed by atoms with Crippen molar-refractivity contribution in [3.05, 3.63) is 71.0 Å². The van der Waals surface area contributed by atoms with Gasteiger partial charge >= 0.3 is 0 Å². The van der Waals surface area contributed by atoms with Crippen molar-refractivity contribution in [1.29, 1.82) is 0 Å². The Morgan fingerprint density at radius 1 is 1.08 bits per heavy atom. The average Bonchev–Trinajstić information content (AvgIpc) is 3.45. The van der Waals surface area contributed by atoms with Crippen molar-refractivity contribution in [2.45, 2.75) is 6.92 Å². The molecule has 1 aliphatic rings. The Morgan fingerprint density at radius 2 is 1.81 bits per heavy atom. The van der Waals surface area contributed by atoms with Crippen molar-refractivity contribution in [2.75, 3.05) is 58.3 Å². The highest BCUT2D eigenvalue weighted by Crippen LogP contribution is 2.32. The smallest absolute Gasteiger partial charge is 0.264 e. The molecule has 1 saturated heterocycles. The number of likely N-dealkylation sites (N-methyl/N-ethyl adjacent to an activating group) is 1. The molecule has 0 N–H and O–H groups in total. The molecule has 5 rings (SSSR count). The molecule has 0 atom stereocenters. The molecule has 36 heavy (non-hydrogen) atoms. The quantitative estimate of drug-likeness (QED) is 0.370. The number of piperazine rings is 1. The Balaban J connectivity index is 1.28. The summed E-state index contributed by atoms with van der Waals surface area (Å²) < 4.78 is 21.2. The van der Waals surface area contributed by atoms with Crippen LogP contribution in [0.15, 0.2) is 54.6 Å². The third kappa shape index (κ3) is 4.94. The predicted molar refractivity (Wildman–Crippen MR) is 142 cm³/mol. The van der Waals surface area contributed by atoms with E-state index in [1.807, 2.05) is 50.2 Å². The zero-order chi connectivity index (χ0) is 25.2. The molecule has 3 heterocycles. The van der Waals surface area contributed by atoms with Crippen LogP contribution in [0.4, 0.5) is 10.1 Å². The molecule has 1 fully saturated rings. The minimum absolute atomic E-state index is 0.0384. The first-order chi connectivity index (χ1) is 17.4. The van der Waals surface area contributed by atoms with E-state index in [1.54, 1.807) is 16.8 Å². The fraction of sp³-hybridized carbons (Fsp3) is 0.333. The number of fused-ring (bicyclic) bond motifs is 1. The topological polar surface area (TPSA) is 53.8 Å². The summed E-state index contributed by atoms with van der Waals surface area (Å²) in [7, 11) is 4.06. The van der Waals surface area contributed by atoms with Gasteiger partial charge in [0.1, 0.15) is 23.0 Å². The van der Waals surface area contributed by atoms with Gasteiger partial charge in [0.2, 0.25) is 0 Å². The minimum Gasteiger partial charge on any atom is -0.490 e. The number of benzene rings is 2. The minimum atomic E-state index is -0.289.